The number of rotatable bonds is 6. The van der Waals surface area contributed by atoms with Crippen molar-refractivity contribution in [1.82, 2.24) is 4.90 Å². The van der Waals surface area contributed by atoms with Crippen LogP contribution in [0.4, 0.5) is 0 Å². The van der Waals surface area contributed by atoms with E-state index in [0.29, 0.717) is 12.1 Å². The first-order valence-corrected chi connectivity index (χ1v) is 11.4. The van der Waals surface area contributed by atoms with Crippen molar-refractivity contribution in [1.29, 1.82) is 0 Å². The van der Waals surface area contributed by atoms with Gasteiger partial charge in [0.2, 0.25) is 5.91 Å². The van der Waals surface area contributed by atoms with E-state index in [1.54, 1.807) is 47.4 Å². The second-order valence-corrected chi connectivity index (χ2v) is 8.87. The Morgan fingerprint density at radius 2 is 1.55 bits per heavy atom. The topological polar surface area (TPSA) is 72.9 Å². The van der Waals surface area contributed by atoms with Gasteiger partial charge in [-0.1, -0.05) is 66.7 Å². The Labute approximate surface area is 182 Å². The Kier molecular flexibility index (Phi) is 6.06. The van der Waals surface area contributed by atoms with Gasteiger partial charge < -0.3 is 13.8 Å². The Hall–Kier alpha value is -3.16. The van der Waals surface area contributed by atoms with Crippen LogP contribution in [0.1, 0.15) is 30.2 Å². The molecule has 6 nitrogen and oxygen atoms in total. The predicted octanol–water partition coefficient (Wildman–Crippen LogP) is 4.12. The number of nitrogens with zero attached hydrogens (tertiary/aromatic N) is 1. The second-order valence-electron chi connectivity index (χ2n) is 7.32. The molecule has 160 valence electrons. The molecule has 0 saturated carbocycles. The number of carbonyl (C=O) groups is 1. The van der Waals surface area contributed by atoms with E-state index in [9.17, 15) is 13.2 Å². The molecule has 1 aliphatic heterocycles. The third-order valence-electron chi connectivity index (χ3n) is 5.34. The Morgan fingerprint density at radius 1 is 0.935 bits per heavy atom. The van der Waals surface area contributed by atoms with Crippen molar-refractivity contribution in [2.75, 3.05) is 13.2 Å². The van der Waals surface area contributed by atoms with Crippen molar-refractivity contribution >= 4 is 16.0 Å². The highest BCUT2D eigenvalue weighted by molar-refractivity contribution is 7.87. The summed E-state index contributed by atoms with van der Waals surface area (Å²) in [6.45, 7) is 2.18. The van der Waals surface area contributed by atoms with Gasteiger partial charge in [0.05, 0.1) is 12.6 Å². The molecule has 0 bridgehead atoms. The summed E-state index contributed by atoms with van der Waals surface area (Å²) in [5.41, 5.74) is 1.60. The average molecular weight is 438 g/mol. The van der Waals surface area contributed by atoms with Gasteiger partial charge in [-0.25, -0.2) is 0 Å². The summed E-state index contributed by atoms with van der Waals surface area (Å²) in [4.78, 5) is 14.4. The van der Waals surface area contributed by atoms with Gasteiger partial charge in [0.25, 0.3) is 0 Å². The molecule has 1 fully saturated rings. The maximum atomic E-state index is 12.7. The lowest BCUT2D eigenvalue weighted by Crippen LogP contribution is -2.44. The summed E-state index contributed by atoms with van der Waals surface area (Å²) in [7, 11) is -3.99. The van der Waals surface area contributed by atoms with Crippen LogP contribution in [0, 0.1) is 0 Å². The van der Waals surface area contributed by atoms with Crippen LogP contribution < -0.4 is 4.18 Å². The van der Waals surface area contributed by atoms with Crippen molar-refractivity contribution in [2.24, 2.45) is 0 Å². The molecular weight excluding hydrogens is 414 g/mol. The van der Waals surface area contributed by atoms with Crippen molar-refractivity contribution < 1.29 is 22.1 Å². The van der Waals surface area contributed by atoms with Crippen LogP contribution in [0.3, 0.4) is 0 Å². The number of para-hydroxylation sites is 1. The third kappa shape index (κ3) is 4.62. The molecule has 0 unspecified atom stereocenters. The van der Waals surface area contributed by atoms with E-state index in [2.05, 4.69) is 0 Å². The normalized spacial score (nSPS) is 17.9. The number of ether oxygens (including phenoxy) is 1. The van der Waals surface area contributed by atoms with Gasteiger partial charge in [-0.15, -0.1) is 0 Å². The fourth-order valence-electron chi connectivity index (χ4n) is 3.64. The first-order chi connectivity index (χ1) is 15.0. The van der Waals surface area contributed by atoms with Gasteiger partial charge in [-0.05, 0) is 30.7 Å². The van der Waals surface area contributed by atoms with E-state index in [1.165, 1.54) is 12.1 Å². The van der Waals surface area contributed by atoms with Crippen LogP contribution in [0.15, 0.2) is 89.8 Å². The molecule has 1 aliphatic rings. The number of morpholine rings is 1. The molecule has 3 aromatic carbocycles. The molecule has 31 heavy (non-hydrogen) atoms. The van der Waals surface area contributed by atoms with Gasteiger partial charge in [0.15, 0.2) is 0 Å². The highest BCUT2D eigenvalue weighted by Gasteiger charge is 2.33. The van der Waals surface area contributed by atoms with Crippen molar-refractivity contribution in [3.05, 3.63) is 96.1 Å². The summed E-state index contributed by atoms with van der Waals surface area (Å²) < 4.78 is 36.7. The zero-order chi connectivity index (χ0) is 21.8. The summed E-state index contributed by atoms with van der Waals surface area (Å²) in [5.74, 6) is 0.0842. The highest BCUT2D eigenvalue weighted by atomic mass is 32.2. The molecule has 1 saturated heterocycles. The van der Waals surface area contributed by atoms with Crippen LogP contribution in [0.5, 0.6) is 5.75 Å². The molecule has 1 heterocycles. The maximum Gasteiger partial charge on any atom is 0.339 e. The summed E-state index contributed by atoms with van der Waals surface area (Å²) in [5, 5.41) is 0. The van der Waals surface area contributed by atoms with E-state index < -0.39 is 16.2 Å². The Morgan fingerprint density at radius 3 is 2.26 bits per heavy atom. The second kappa shape index (κ2) is 8.91. The van der Waals surface area contributed by atoms with Crippen molar-refractivity contribution in [2.45, 2.75) is 24.0 Å². The molecule has 3 aromatic rings. The zero-order valence-corrected chi connectivity index (χ0v) is 17.9. The number of benzene rings is 3. The van der Waals surface area contributed by atoms with Gasteiger partial charge in [-0.2, -0.15) is 8.42 Å². The largest absolute Gasteiger partial charge is 0.379 e. The molecule has 0 spiro atoms. The van der Waals surface area contributed by atoms with Crippen molar-refractivity contribution in [3.8, 4) is 5.75 Å². The fraction of sp³-hybridized carbons (Fsp3) is 0.208. The van der Waals surface area contributed by atoms with E-state index in [4.69, 9.17) is 8.92 Å². The third-order valence-corrected chi connectivity index (χ3v) is 6.59. The molecule has 0 radical (unpaired) electrons. The van der Waals surface area contributed by atoms with Crippen molar-refractivity contribution in [3.63, 3.8) is 0 Å². The van der Waals surface area contributed by atoms with Crippen LogP contribution >= 0.6 is 0 Å². The predicted molar refractivity (Wildman–Crippen MR) is 116 cm³/mol. The molecule has 4 rings (SSSR count). The zero-order valence-electron chi connectivity index (χ0n) is 17.0. The van der Waals surface area contributed by atoms with Crippen LogP contribution in [-0.2, 0) is 19.6 Å². The van der Waals surface area contributed by atoms with Gasteiger partial charge >= 0.3 is 10.1 Å². The molecule has 1 amide bonds. The van der Waals surface area contributed by atoms with Crippen LogP contribution in [0.25, 0.3) is 0 Å². The minimum atomic E-state index is -3.99. The van der Waals surface area contributed by atoms with E-state index >= 15 is 0 Å². The van der Waals surface area contributed by atoms with E-state index in [0.717, 1.165) is 5.56 Å². The van der Waals surface area contributed by atoms with Crippen LogP contribution in [-0.4, -0.2) is 32.4 Å². The van der Waals surface area contributed by atoms with E-state index in [1.807, 2.05) is 37.3 Å². The molecule has 2 atom stereocenters. The highest BCUT2D eigenvalue weighted by Crippen LogP contribution is 2.34. The first-order valence-electron chi connectivity index (χ1n) is 10.0. The quantitative estimate of drug-likeness (QED) is 0.543. The Balaban J connectivity index is 1.59. The maximum absolute atomic E-state index is 12.7. The molecule has 0 aromatic heterocycles. The lowest BCUT2D eigenvalue weighted by atomic mass is 10.0. The molecular formula is C24H23NO5S. The smallest absolute Gasteiger partial charge is 0.339 e. The lowest BCUT2D eigenvalue weighted by molar-refractivity contribution is -0.152. The standard InChI is InChI=1S/C24H23NO5S/c1-18(19-10-4-2-5-11-19)25-16-23(29-17-24(25)26)21-14-8-9-15-22(21)30-31(27,28)20-12-6-3-7-13-20/h2-15,18,23H,16-17H2,1H3/t18-,23-/m1/s1. The number of carbonyl (C=O) groups excluding carboxylic acids is 1. The number of amides is 1. The number of hydrogen-bond donors (Lipinski definition) is 0. The van der Waals surface area contributed by atoms with E-state index in [-0.39, 0.29) is 29.2 Å². The van der Waals surface area contributed by atoms with Gasteiger partial charge in [-0.3, -0.25) is 4.79 Å². The molecule has 0 N–H and O–H groups in total. The summed E-state index contributed by atoms with van der Waals surface area (Å²) in [6, 6.07) is 24.5. The SMILES string of the molecule is C[C@H](c1ccccc1)N1C[C@H](c2ccccc2OS(=O)(=O)c2ccccc2)OCC1=O. The number of hydrogen-bond acceptors (Lipinski definition) is 5. The molecule has 7 heteroatoms. The summed E-state index contributed by atoms with van der Waals surface area (Å²) >= 11 is 0. The molecule has 0 aliphatic carbocycles. The van der Waals surface area contributed by atoms with Gasteiger partial charge in [0.1, 0.15) is 23.4 Å². The lowest BCUT2D eigenvalue weighted by Gasteiger charge is -2.37. The van der Waals surface area contributed by atoms with Gasteiger partial charge in [0, 0.05) is 5.56 Å². The average Bonchev–Trinajstić information content (AvgIpc) is 2.80. The first kappa shape index (κ1) is 21.1. The minimum Gasteiger partial charge on any atom is -0.379 e. The van der Waals surface area contributed by atoms with Crippen LogP contribution in [0.2, 0.25) is 0 Å². The Bertz CT molecular complexity index is 1150. The summed E-state index contributed by atoms with van der Waals surface area (Å²) in [6.07, 6.45) is -0.508. The monoisotopic (exact) mass is 437 g/mol. The fourth-order valence-corrected chi connectivity index (χ4v) is 4.61. The minimum absolute atomic E-state index is 0.0730.